The fourth-order valence-corrected chi connectivity index (χ4v) is 2.55. The van der Waals surface area contributed by atoms with Gasteiger partial charge in [-0.3, -0.25) is 10.1 Å². The summed E-state index contributed by atoms with van der Waals surface area (Å²) in [4.78, 5) is 14.2. The van der Waals surface area contributed by atoms with Crippen LogP contribution in [0, 0.1) is 5.92 Å². The van der Waals surface area contributed by atoms with Crippen LogP contribution < -0.4 is 5.32 Å². The lowest BCUT2D eigenvalue weighted by Gasteiger charge is -2.30. The topological polar surface area (TPSA) is 32.3 Å². The lowest BCUT2D eigenvalue weighted by atomic mass is 10.0. The lowest BCUT2D eigenvalue weighted by Crippen LogP contribution is -2.43. The molecule has 0 radical (unpaired) electrons. The molecule has 0 bridgehead atoms. The number of rotatable bonds is 6. The number of nitrogens with zero attached hydrogens (tertiary/aromatic N) is 1. The molecule has 0 aromatic heterocycles. The first-order valence-electron chi connectivity index (χ1n) is 7.05. The van der Waals surface area contributed by atoms with E-state index in [1.807, 2.05) is 6.92 Å². The first kappa shape index (κ1) is 14.5. The lowest BCUT2D eigenvalue weighted by molar-refractivity contribution is -0.131. The highest BCUT2D eigenvalue weighted by atomic mass is 16.2. The van der Waals surface area contributed by atoms with Crippen LogP contribution in [0.4, 0.5) is 0 Å². The summed E-state index contributed by atoms with van der Waals surface area (Å²) in [5.74, 6) is 0.991. The van der Waals surface area contributed by atoms with Crippen molar-refractivity contribution in [2.45, 2.75) is 78.6 Å². The van der Waals surface area contributed by atoms with Gasteiger partial charge in [-0.05, 0) is 39.0 Å². The average Bonchev–Trinajstić information content (AvgIpc) is 2.52. The molecule has 0 aromatic rings. The fourth-order valence-electron chi connectivity index (χ4n) is 2.55. The summed E-state index contributed by atoms with van der Waals surface area (Å²) in [6.45, 7) is 10.8. The SMILES string of the molecule is CCCC1NC(C)C(=O)N1C(C)CCC(C)C. The van der Waals surface area contributed by atoms with Gasteiger partial charge in [-0.15, -0.1) is 0 Å². The van der Waals surface area contributed by atoms with Gasteiger partial charge in [-0.1, -0.05) is 27.2 Å². The van der Waals surface area contributed by atoms with Crippen LogP contribution in [0.1, 0.15) is 60.3 Å². The highest BCUT2D eigenvalue weighted by Crippen LogP contribution is 2.21. The molecule has 3 atom stereocenters. The van der Waals surface area contributed by atoms with E-state index in [1.54, 1.807) is 0 Å². The van der Waals surface area contributed by atoms with Gasteiger partial charge >= 0.3 is 0 Å². The number of nitrogens with one attached hydrogen (secondary N) is 1. The smallest absolute Gasteiger partial charge is 0.240 e. The Balaban J connectivity index is 2.60. The van der Waals surface area contributed by atoms with Crippen LogP contribution in [0.15, 0.2) is 0 Å². The van der Waals surface area contributed by atoms with E-state index in [0.29, 0.717) is 12.0 Å². The quantitative estimate of drug-likeness (QED) is 0.774. The highest BCUT2D eigenvalue weighted by molar-refractivity contribution is 5.84. The van der Waals surface area contributed by atoms with Crippen molar-refractivity contribution in [2.24, 2.45) is 5.92 Å². The van der Waals surface area contributed by atoms with E-state index in [4.69, 9.17) is 0 Å². The van der Waals surface area contributed by atoms with Crippen molar-refractivity contribution in [3.63, 3.8) is 0 Å². The van der Waals surface area contributed by atoms with Crippen molar-refractivity contribution < 1.29 is 4.79 Å². The summed E-state index contributed by atoms with van der Waals surface area (Å²) in [6.07, 6.45) is 4.73. The molecule has 3 nitrogen and oxygen atoms in total. The van der Waals surface area contributed by atoms with E-state index in [1.165, 1.54) is 6.42 Å². The third-order valence-electron chi connectivity index (χ3n) is 3.60. The third-order valence-corrected chi connectivity index (χ3v) is 3.60. The first-order valence-corrected chi connectivity index (χ1v) is 7.05. The van der Waals surface area contributed by atoms with Crippen molar-refractivity contribution in [1.29, 1.82) is 0 Å². The summed E-state index contributed by atoms with van der Waals surface area (Å²) >= 11 is 0. The minimum absolute atomic E-state index is 0.00644. The van der Waals surface area contributed by atoms with Crippen molar-refractivity contribution in [2.75, 3.05) is 0 Å². The normalized spacial score (nSPS) is 26.9. The van der Waals surface area contributed by atoms with Gasteiger partial charge in [0.2, 0.25) is 5.91 Å². The molecule has 0 saturated carbocycles. The van der Waals surface area contributed by atoms with Crippen molar-refractivity contribution in [1.82, 2.24) is 10.2 Å². The Morgan fingerprint density at radius 2 is 1.94 bits per heavy atom. The number of hydrogen-bond donors (Lipinski definition) is 1. The van der Waals surface area contributed by atoms with Gasteiger partial charge < -0.3 is 4.90 Å². The predicted octanol–water partition coefficient (Wildman–Crippen LogP) is 2.76. The summed E-state index contributed by atoms with van der Waals surface area (Å²) in [5.41, 5.74) is 0. The molecule has 17 heavy (non-hydrogen) atoms. The Labute approximate surface area is 106 Å². The maximum absolute atomic E-state index is 12.1. The van der Waals surface area contributed by atoms with Crippen LogP contribution >= 0.6 is 0 Å². The van der Waals surface area contributed by atoms with E-state index in [-0.39, 0.29) is 18.1 Å². The molecule has 0 aromatic carbocycles. The Morgan fingerprint density at radius 3 is 2.47 bits per heavy atom. The van der Waals surface area contributed by atoms with Crippen LogP contribution in [-0.2, 0) is 4.79 Å². The summed E-state index contributed by atoms with van der Waals surface area (Å²) < 4.78 is 0. The van der Waals surface area contributed by atoms with Gasteiger partial charge in [-0.2, -0.15) is 0 Å². The van der Waals surface area contributed by atoms with E-state index in [2.05, 4.69) is 37.9 Å². The van der Waals surface area contributed by atoms with Crippen LogP contribution in [-0.4, -0.2) is 29.1 Å². The minimum Gasteiger partial charge on any atom is -0.323 e. The highest BCUT2D eigenvalue weighted by Gasteiger charge is 2.37. The molecule has 0 spiro atoms. The fraction of sp³-hybridized carbons (Fsp3) is 0.929. The predicted molar refractivity (Wildman–Crippen MR) is 71.7 cm³/mol. The second kappa shape index (κ2) is 6.39. The Hall–Kier alpha value is -0.570. The molecule has 1 saturated heterocycles. The first-order chi connectivity index (χ1) is 7.97. The Bertz CT molecular complexity index is 253. The Kier molecular flexibility index (Phi) is 5.44. The van der Waals surface area contributed by atoms with Crippen LogP contribution in [0.2, 0.25) is 0 Å². The molecule has 100 valence electrons. The molecule has 1 amide bonds. The number of hydrogen-bond acceptors (Lipinski definition) is 2. The van der Waals surface area contributed by atoms with Crippen molar-refractivity contribution >= 4 is 5.91 Å². The molecule has 1 aliphatic heterocycles. The monoisotopic (exact) mass is 240 g/mol. The molecule has 3 unspecified atom stereocenters. The van der Waals surface area contributed by atoms with Gasteiger partial charge in [0, 0.05) is 6.04 Å². The molecular formula is C14H28N2O. The molecule has 1 heterocycles. The second-order valence-electron chi connectivity index (χ2n) is 5.76. The average molecular weight is 240 g/mol. The second-order valence-corrected chi connectivity index (χ2v) is 5.76. The standard InChI is InChI=1S/C14H28N2O/c1-6-7-13-15-12(5)14(17)16(13)11(4)9-8-10(2)3/h10-13,15H,6-9H2,1-5H3. The van der Waals surface area contributed by atoms with Crippen LogP contribution in [0.25, 0.3) is 0 Å². The van der Waals surface area contributed by atoms with Crippen molar-refractivity contribution in [3.05, 3.63) is 0 Å². The number of amides is 1. The minimum atomic E-state index is -0.00644. The summed E-state index contributed by atoms with van der Waals surface area (Å²) in [6, 6.07) is 0.354. The molecule has 0 aliphatic carbocycles. The molecule has 1 aliphatic rings. The van der Waals surface area contributed by atoms with Gasteiger partial charge in [0.25, 0.3) is 0 Å². The maximum atomic E-state index is 12.1. The van der Waals surface area contributed by atoms with E-state index in [9.17, 15) is 4.79 Å². The molecule has 1 rings (SSSR count). The van der Waals surface area contributed by atoms with Gasteiger partial charge in [0.05, 0.1) is 12.2 Å². The van der Waals surface area contributed by atoms with Crippen LogP contribution in [0.3, 0.4) is 0 Å². The summed E-state index contributed by atoms with van der Waals surface area (Å²) in [7, 11) is 0. The molecule has 1 N–H and O–H groups in total. The van der Waals surface area contributed by atoms with E-state index in [0.717, 1.165) is 19.3 Å². The number of carbonyl (C=O) groups excluding carboxylic acids is 1. The van der Waals surface area contributed by atoms with E-state index >= 15 is 0 Å². The van der Waals surface area contributed by atoms with Gasteiger partial charge in [0.15, 0.2) is 0 Å². The largest absolute Gasteiger partial charge is 0.323 e. The molecule has 1 fully saturated rings. The zero-order valence-electron chi connectivity index (χ0n) is 12.0. The van der Waals surface area contributed by atoms with Gasteiger partial charge in [-0.25, -0.2) is 0 Å². The molecular weight excluding hydrogens is 212 g/mol. The molecule has 3 heteroatoms. The van der Waals surface area contributed by atoms with Crippen LogP contribution in [0.5, 0.6) is 0 Å². The van der Waals surface area contributed by atoms with E-state index < -0.39 is 0 Å². The zero-order chi connectivity index (χ0) is 13.0. The van der Waals surface area contributed by atoms with Crippen molar-refractivity contribution in [3.8, 4) is 0 Å². The maximum Gasteiger partial charge on any atom is 0.240 e. The van der Waals surface area contributed by atoms with Gasteiger partial charge in [0.1, 0.15) is 0 Å². The third kappa shape index (κ3) is 3.70. The Morgan fingerprint density at radius 1 is 1.29 bits per heavy atom. The number of carbonyl (C=O) groups is 1. The summed E-state index contributed by atoms with van der Waals surface area (Å²) in [5, 5.41) is 3.40. The zero-order valence-corrected chi connectivity index (χ0v) is 12.0.